The first kappa shape index (κ1) is 11.9. The van der Waals surface area contributed by atoms with Gasteiger partial charge in [-0.1, -0.05) is 23.7 Å². The Morgan fingerprint density at radius 3 is 2.67 bits per heavy atom. The lowest BCUT2D eigenvalue weighted by Gasteiger charge is -2.11. The monoisotopic (exact) mass is 226 g/mol. The van der Waals surface area contributed by atoms with E-state index in [2.05, 4.69) is 5.32 Å². The van der Waals surface area contributed by atoms with Gasteiger partial charge in [-0.15, -0.1) is 0 Å². The Labute approximate surface area is 95.0 Å². The summed E-state index contributed by atoms with van der Waals surface area (Å²) in [7, 11) is 3.50. The zero-order chi connectivity index (χ0) is 11.3. The minimum absolute atomic E-state index is 0.106. The molecule has 0 aliphatic carbocycles. The Bertz CT molecular complexity index is 339. The van der Waals surface area contributed by atoms with Gasteiger partial charge < -0.3 is 10.2 Å². The van der Waals surface area contributed by atoms with Crippen molar-refractivity contribution in [1.82, 2.24) is 4.90 Å². The summed E-state index contributed by atoms with van der Waals surface area (Å²) in [6.07, 6.45) is 0.470. The lowest BCUT2D eigenvalue weighted by Crippen LogP contribution is -2.23. The summed E-state index contributed by atoms with van der Waals surface area (Å²) in [5.41, 5.74) is 0.866. The van der Waals surface area contributed by atoms with Crippen LogP contribution in [0.1, 0.15) is 6.42 Å². The second-order valence-corrected chi connectivity index (χ2v) is 3.85. The van der Waals surface area contributed by atoms with Gasteiger partial charge in [-0.05, 0) is 12.1 Å². The summed E-state index contributed by atoms with van der Waals surface area (Å²) in [5.74, 6) is 0.106. The number of rotatable bonds is 4. The third-order valence-corrected chi connectivity index (χ3v) is 2.36. The molecule has 0 heterocycles. The summed E-state index contributed by atoms with van der Waals surface area (Å²) in [6.45, 7) is 0.598. The summed E-state index contributed by atoms with van der Waals surface area (Å²) in [6, 6.07) is 7.49. The Hall–Kier alpha value is -1.22. The number of carbonyl (C=O) groups excluding carboxylic acids is 1. The number of benzene rings is 1. The number of amides is 1. The number of halogens is 1. The van der Waals surface area contributed by atoms with E-state index in [4.69, 9.17) is 11.6 Å². The number of carbonyl (C=O) groups is 1. The maximum Gasteiger partial charge on any atom is 0.223 e. The Morgan fingerprint density at radius 2 is 2.07 bits per heavy atom. The maximum absolute atomic E-state index is 11.3. The van der Waals surface area contributed by atoms with Gasteiger partial charge in [0.05, 0.1) is 10.7 Å². The zero-order valence-electron chi connectivity index (χ0n) is 8.96. The minimum atomic E-state index is 0.106. The highest BCUT2D eigenvalue weighted by molar-refractivity contribution is 6.33. The van der Waals surface area contributed by atoms with Crippen molar-refractivity contribution in [1.29, 1.82) is 0 Å². The van der Waals surface area contributed by atoms with Gasteiger partial charge in [0.2, 0.25) is 5.91 Å². The van der Waals surface area contributed by atoms with E-state index in [1.807, 2.05) is 24.3 Å². The summed E-state index contributed by atoms with van der Waals surface area (Å²) in [4.78, 5) is 12.8. The first-order chi connectivity index (χ1) is 7.11. The molecule has 0 fully saturated rings. The predicted molar refractivity (Wildman–Crippen MR) is 63.3 cm³/mol. The van der Waals surface area contributed by atoms with Crippen LogP contribution < -0.4 is 5.32 Å². The zero-order valence-corrected chi connectivity index (χ0v) is 9.71. The molecule has 15 heavy (non-hydrogen) atoms. The van der Waals surface area contributed by atoms with Crippen molar-refractivity contribution in [2.24, 2.45) is 0 Å². The number of nitrogens with zero attached hydrogens (tertiary/aromatic N) is 1. The molecule has 0 spiro atoms. The third kappa shape index (κ3) is 3.80. The molecular formula is C11H15ClN2O. The number of anilines is 1. The average Bonchev–Trinajstić information content (AvgIpc) is 2.20. The first-order valence-electron chi connectivity index (χ1n) is 4.80. The van der Waals surface area contributed by atoms with E-state index >= 15 is 0 Å². The number of hydrogen-bond acceptors (Lipinski definition) is 2. The van der Waals surface area contributed by atoms with E-state index in [0.717, 1.165) is 5.69 Å². The fourth-order valence-corrected chi connectivity index (χ4v) is 1.33. The van der Waals surface area contributed by atoms with Crippen LogP contribution in [-0.2, 0) is 4.79 Å². The molecule has 0 radical (unpaired) electrons. The molecule has 0 saturated carbocycles. The molecule has 0 bridgehead atoms. The molecule has 3 nitrogen and oxygen atoms in total. The average molecular weight is 227 g/mol. The van der Waals surface area contributed by atoms with Crippen molar-refractivity contribution in [2.45, 2.75) is 6.42 Å². The Balaban J connectivity index is 2.38. The van der Waals surface area contributed by atoms with E-state index in [9.17, 15) is 4.79 Å². The smallest absolute Gasteiger partial charge is 0.223 e. The van der Waals surface area contributed by atoms with E-state index in [1.54, 1.807) is 19.0 Å². The van der Waals surface area contributed by atoms with Crippen LogP contribution in [0.4, 0.5) is 5.69 Å². The number of nitrogens with one attached hydrogen (secondary N) is 1. The highest BCUT2D eigenvalue weighted by atomic mass is 35.5. The van der Waals surface area contributed by atoms with Gasteiger partial charge in [0.1, 0.15) is 0 Å². The molecule has 1 amide bonds. The van der Waals surface area contributed by atoms with Gasteiger partial charge in [-0.2, -0.15) is 0 Å². The molecule has 0 atom stereocenters. The molecule has 0 aromatic heterocycles. The van der Waals surface area contributed by atoms with Crippen molar-refractivity contribution in [3.63, 3.8) is 0 Å². The van der Waals surface area contributed by atoms with E-state index in [-0.39, 0.29) is 5.91 Å². The molecule has 82 valence electrons. The Kier molecular flexibility index (Phi) is 4.43. The summed E-state index contributed by atoms with van der Waals surface area (Å²) in [5, 5.41) is 3.80. The standard InChI is InChI=1S/C11H15ClN2O/c1-14(2)11(15)7-8-13-10-6-4-3-5-9(10)12/h3-6,13H,7-8H2,1-2H3. The third-order valence-electron chi connectivity index (χ3n) is 2.03. The summed E-state index contributed by atoms with van der Waals surface area (Å²) >= 11 is 5.94. The molecule has 1 rings (SSSR count). The van der Waals surface area contributed by atoms with Crippen molar-refractivity contribution in [3.05, 3.63) is 29.3 Å². The quantitative estimate of drug-likeness (QED) is 0.854. The van der Waals surface area contributed by atoms with Crippen LogP contribution >= 0.6 is 11.6 Å². The van der Waals surface area contributed by atoms with Gasteiger partial charge in [-0.3, -0.25) is 4.79 Å². The predicted octanol–water partition coefficient (Wildman–Crippen LogP) is 2.23. The fraction of sp³-hybridized carbons (Fsp3) is 0.364. The van der Waals surface area contributed by atoms with E-state index in [0.29, 0.717) is 18.0 Å². The van der Waals surface area contributed by atoms with Gasteiger partial charge in [0.15, 0.2) is 0 Å². The molecule has 0 aliphatic heterocycles. The lowest BCUT2D eigenvalue weighted by molar-refractivity contribution is -0.128. The number of para-hydroxylation sites is 1. The highest BCUT2D eigenvalue weighted by Gasteiger charge is 2.03. The largest absolute Gasteiger partial charge is 0.383 e. The van der Waals surface area contributed by atoms with Crippen molar-refractivity contribution in [3.8, 4) is 0 Å². The molecule has 4 heteroatoms. The molecule has 1 N–H and O–H groups in total. The van der Waals surface area contributed by atoms with Crippen LogP contribution in [0.5, 0.6) is 0 Å². The van der Waals surface area contributed by atoms with Gasteiger partial charge in [0.25, 0.3) is 0 Å². The van der Waals surface area contributed by atoms with Crippen molar-refractivity contribution < 1.29 is 4.79 Å². The van der Waals surface area contributed by atoms with Crippen LogP contribution in [0.25, 0.3) is 0 Å². The van der Waals surface area contributed by atoms with Gasteiger partial charge >= 0.3 is 0 Å². The Morgan fingerprint density at radius 1 is 1.40 bits per heavy atom. The normalized spacial score (nSPS) is 9.80. The highest BCUT2D eigenvalue weighted by Crippen LogP contribution is 2.20. The van der Waals surface area contributed by atoms with Crippen LogP contribution in [-0.4, -0.2) is 31.4 Å². The van der Waals surface area contributed by atoms with Crippen molar-refractivity contribution in [2.75, 3.05) is 26.0 Å². The SMILES string of the molecule is CN(C)C(=O)CCNc1ccccc1Cl. The van der Waals surface area contributed by atoms with Crippen LogP contribution in [0.3, 0.4) is 0 Å². The second kappa shape index (κ2) is 5.61. The van der Waals surface area contributed by atoms with E-state index in [1.165, 1.54) is 0 Å². The van der Waals surface area contributed by atoms with Gasteiger partial charge in [-0.25, -0.2) is 0 Å². The molecule has 0 unspecified atom stereocenters. The molecule has 0 aliphatic rings. The minimum Gasteiger partial charge on any atom is -0.383 e. The maximum atomic E-state index is 11.3. The van der Waals surface area contributed by atoms with Crippen molar-refractivity contribution >= 4 is 23.2 Å². The molecule has 0 saturated heterocycles. The first-order valence-corrected chi connectivity index (χ1v) is 5.17. The van der Waals surface area contributed by atoms with Crippen LogP contribution in [0, 0.1) is 0 Å². The topological polar surface area (TPSA) is 32.3 Å². The van der Waals surface area contributed by atoms with Crippen LogP contribution in [0.15, 0.2) is 24.3 Å². The van der Waals surface area contributed by atoms with Gasteiger partial charge in [0, 0.05) is 27.1 Å². The molecule has 1 aromatic rings. The van der Waals surface area contributed by atoms with E-state index < -0.39 is 0 Å². The molecular weight excluding hydrogens is 212 g/mol. The number of hydrogen-bond donors (Lipinski definition) is 1. The second-order valence-electron chi connectivity index (χ2n) is 3.44. The summed E-state index contributed by atoms with van der Waals surface area (Å²) < 4.78 is 0. The fourth-order valence-electron chi connectivity index (χ4n) is 1.13. The van der Waals surface area contributed by atoms with Crippen LogP contribution in [0.2, 0.25) is 5.02 Å². The lowest BCUT2D eigenvalue weighted by atomic mass is 10.3. The molecule has 1 aromatic carbocycles.